The number of aryl methyl sites for hydroxylation is 1. The molecule has 0 aliphatic heterocycles. The molecule has 1 amide bonds. The molecular weight excluding hydrogens is 336 g/mol. The molecule has 0 fully saturated rings. The molecular formula is C19H20N2OS2. The Balaban J connectivity index is 1.78. The van der Waals surface area contributed by atoms with Crippen LogP contribution in [0.5, 0.6) is 0 Å². The molecule has 1 N–H and O–H groups in total. The number of nitriles is 1. The first-order valence-corrected chi connectivity index (χ1v) is 9.91. The fourth-order valence-electron chi connectivity index (χ4n) is 2.90. The summed E-state index contributed by atoms with van der Waals surface area (Å²) in [5.41, 5.74) is 2.43. The molecule has 0 bridgehead atoms. The highest BCUT2D eigenvalue weighted by molar-refractivity contribution is 7.99. The van der Waals surface area contributed by atoms with E-state index in [1.807, 2.05) is 24.3 Å². The second-order valence-corrected chi connectivity index (χ2v) is 8.93. The molecule has 2 aromatic rings. The summed E-state index contributed by atoms with van der Waals surface area (Å²) in [6.07, 6.45) is 4.26. The van der Waals surface area contributed by atoms with Gasteiger partial charge in [0.05, 0.1) is 5.56 Å². The third kappa shape index (κ3) is 3.66. The molecule has 0 spiro atoms. The average molecular weight is 357 g/mol. The summed E-state index contributed by atoms with van der Waals surface area (Å²) in [7, 11) is 0. The van der Waals surface area contributed by atoms with Crippen molar-refractivity contribution < 1.29 is 4.79 Å². The van der Waals surface area contributed by atoms with Crippen molar-refractivity contribution in [2.45, 2.75) is 49.7 Å². The maximum absolute atomic E-state index is 12.5. The van der Waals surface area contributed by atoms with Crippen LogP contribution in [0.1, 0.15) is 53.1 Å². The van der Waals surface area contributed by atoms with Gasteiger partial charge in [0.25, 0.3) is 5.91 Å². The van der Waals surface area contributed by atoms with Crippen LogP contribution in [-0.4, -0.2) is 11.2 Å². The summed E-state index contributed by atoms with van der Waals surface area (Å²) < 4.78 is 0. The lowest BCUT2D eigenvalue weighted by atomic mass is 9.96. The van der Waals surface area contributed by atoms with Crippen LogP contribution in [0.25, 0.3) is 0 Å². The van der Waals surface area contributed by atoms with Gasteiger partial charge in [-0.1, -0.05) is 13.8 Å². The highest BCUT2D eigenvalue weighted by atomic mass is 32.2. The number of nitrogens with one attached hydrogen (secondary N) is 1. The van der Waals surface area contributed by atoms with Gasteiger partial charge in [-0.25, -0.2) is 0 Å². The van der Waals surface area contributed by atoms with Gasteiger partial charge in [0, 0.05) is 20.6 Å². The number of nitrogens with zero attached hydrogens (tertiary/aromatic N) is 1. The Morgan fingerprint density at radius 1 is 1.25 bits per heavy atom. The quantitative estimate of drug-likeness (QED) is 0.761. The van der Waals surface area contributed by atoms with Crippen LogP contribution in [0.4, 0.5) is 5.00 Å². The van der Waals surface area contributed by atoms with Gasteiger partial charge in [-0.15, -0.1) is 23.1 Å². The van der Waals surface area contributed by atoms with Crippen molar-refractivity contribution in [2.24, 2.45) is 0 Å². The zero-order valence-electron chi connectivity index (χ0n) is 13.9. The Morgan fingerprint density at radius 2 is 1.96 bits per heavy atom. The Kier molecular flexibility index (Phi) is 5.27. The number of amides is 1. The van der Waals surface area contributed by atoms with Crippen molar-refractivity contribution in [1.82, 2.24) is 0 Å². The predicted molar refractivity (Wildman–Crippen MR) is 101 cm³/mol. The fourth-order valence-corrected chi connectivity index (χ4v) is 4.98. The molecule has 1 heterocycles. The van der Waals surface area contributed by atoms with Gasteiger partial charge >= 0.3 is 0 Å². The lowest BCUT2D eigenvalue weighted by Crippen LogP contribution is -2.11. The molecule has 0 saturated heterocycles. The number of thiophene rings is 1. The van der Waals surface area contributed by atoms with E-state index in [0.717, 1.165) is 29.7 Å². The first-order valence-electron chi connectivity index (χ1n) is 8.21. The maximum Gasteiger partial charge on any atom is 0.256 e. The van der Waals surface area contributed by atoms with Crippen LogP contribution in [0, 0.1) is 11.3 Å². The van der Waals surface area contributed by atoms with Crippen LogP contribution in [-0.2, 0) is 12.8 Å². The van der Waals surface area contributed by atoms with E-state index in [0.29, 0.717) is 21.4 Å². The molecule has 0 unspecified atom stereocenters. The minimum atomic E-state index is -0.147. The largest absolute Gasteiger partial charge is 0.312 e. The van der Waals surface area contributed by atoms with Gasteiger partial charge in [-0.3, -0.25) is 4.79 Å². The van der Waals surface area contributed by atoms with Gasteiger partial charge < -0.3 is 5.32 Å². The molecule has 24 heavy (non-hydrogen) atoms. The van der Waals surface area contributed by atoms with E-state index in [1.165, 1.54) is 11.3 Å². The van der Waals surface area contributed by atoms with Crippen LogP contribution in [0.15, 0.2) is 29.2 Å². The molecule has 0 atom stereocenters. The molecule has 1 aliphatic rings. The van der Waals surface area contributed by atoms with E-state index < -0.39 is 0 Å². The molecule has 1 aromatic carbocycles. The summed E-state index contributed by atoms with van der Waals surface area (Å²) >= 11 is 3.34. The molecule has 1 aromatic heterocycles. The minimum absolute atomic E-state index is 0.147. The number of fused-ring (bicyclic) bond motifs is 1. The number of anilines is 1. The topological polar surface area (TPSA) is 52.9 Å². The summed E-state index contributed by atoms with van der Waals surface area (Å²) in [5.74, 6) is -0.147. The van der Waals surface area contributed by atoms with Crippen molar-refractivity contribution in [3.8, 4) is 6.07 Å². The Hall–Kier alpha value is -1.77. The summed E-state index contributed by atoms with van der Waals surface area (Å²) in [5, 5.41) is 13.6. The lowest BCUT2D eigenvalue weighted by molar-refractivity contribution is 0.102. The highest BCUT2D eigenvalue weighted by Crippen LogP contribution is 2.37. The van der Waals surface area contributed by atoms with E-state index in [2.05, 4.69) is 25.2 Å². The third-order valence-corrected chi connectivity index (χ3v) is 6.22. The number of carbonyl (C=O) groups excluding carboxylic acids is 1. The minimum Gasteiger partial charge on any atom is -0.312 e. The van der Waals surface area contributed by atoms with E-state index in [9.17, 15) is 10.1 Å². The van der Waals surface area contributed by atoms with Gasteiger partial charge in [-0.2, -0.15) is 5.26 Å². The Bertz CT molecular complexity index is 785. The molecule has 0 saturated carbocycles. The van der Waals surface area contributed by atoms with E-state index in [1.54, 1.807) is 23.1 Å². The number of rotatable bonds is 4. The maximum atomic E-state index is 12.5. The molecule has 5 heteroatoms. The first-order chi connectivity index (χ1) is 11.6. The van der Waals surface area contributed by atoms with Crippen molar-refractivity contribution >= 4 is 34.0 Å². The lowest BCUT2D eigenvalue weighted by Gasteiger charge is -2.09. The Labute approximate surface area is 151 Å². The number of thioether (sulfide) groups is 1. The Morgan fingerprint density at radius 3 is 2.62 bits per heavy atom. The zero-order valence-corrected chi connectivity index (χ0v) is 15.5. The molecule has 3 nitrogen and oxygen atoms in total. The summed E-state index contributed by atoms with van der Waals surface area (Å²) in [6.45, 7) is 4.29. The standard InChI is InChI=1S/C19H20N2OS2/c1-12(2)23-14-9-7-13(8-10-14)18(22)21-19-16(11-20)15-5-3-4-6-17(15)24-19/h7-10,12H,3-6H2,1-2H3,(H,21,22). The van der Waals surface area contributed by atoms with Gasteiger partial charge in [0.2, 0.25) is 0 Å². The van der Waals surface area contributed by atoms with Crippen LogP contribution < -0.4 is 5.32 Å². The van der Waals surface area contributed by atoms with Gasteiger partial charge in [0.1, 0.15) is 11.1 Å². The first kappa shape index (κ1) is 17.1. The second kappa shape index (κ2) is 7.42. The van der Waals surface area contributed by atoms with Gasteiger partial charge in [-0.05, 0) is 55.5 Å². The summed E-state index contributed by atoms with van der Waals surface area (Å²) in [6, 6.07) is 9.93. The monoisotopic (exact) mass is 356 g/mol. The summed E-state index contributed by atoms with van der Waals surface area (Å²) in [4.78, 5) is 14.9. The number of benzene rings is 1. The van der Waals surface area contributed by atoms with Crippen LogP contribution >= 0.6 is 23.1 Å². The predicted octanol–water partition coefficient (Wildman–Crippen LogP) is 5.25. The zero-order chi connectivity index (χ0) is 17.1. The SMILES string of the molecule is CC(C)Sc1ccc(C(=O)Nc2sc3c(c2C#N)CCCC3)cc1. The normalized spacial score (nSPS) is 13.4. The number of carbonyl (C=O) groups is 1. The number of hydrogen-bond donors (Lipinski definition) is 1. The van der Waals surface area contributed by atoms with Crippen molar-refractivity contribution in [3.05, 3.63) is 45.8 Å². The average Bonchev–Trinajstić information content (AvgIpc) is 2.91. The van der Waals surface area contributed by atoms with Crippen LogP contribution in [0.2, 0.25) is 0 Å². The van der Waals surface area contributed by atoms with Crippen molar-refractivity contribution in [3.63, 3.8) is 0 Å². The second-order valence-electron chi connectivity index (χ2n) is 6.17. The molecule has 3 rings (SSSR count). The highest BCUT2D eigenvalue weighted by Gasteiger charge is 2.22. The van der Waals surface area contributed by atoms with Crippen molar-refractivity contribution in [2.75, 3.05) is 5.32 Å². The van der Waals surface area contributed by atoms with Crippen LogP contribution in [0.3, 0.4) is 0 Å². The fraction of sp³-hybridized carbons (Fsp3) is 0.368. The molecule has 1 aliphatic carbocycles. The molecule has 124 valence electrons. The number of hydrogen-bond acceptors (Lipinski definition) is 4. The van der Waals surface area contributed by atoms with E-state index in [4.69, 9.17) is 0 Å². The van der Waals surface area contributed by atoms with E-state index in [-0.39, 0.29) is 5.91 Å². The van der Waals surface area contributed by atoms with Gasteiger partial charge in [0.15, 0.2) is 0 Å². The van der Waals surface area contributed by atoms with E-state index >= 15 is 0 Å². The van der Waals surface area contributed by atoms with Crippen molar-refractivity contribution in [1.29, 1.82) is 5.26 Å². The molecule has 0 radical (unpaired) electrons. The smallest absolute Gasteiger partial charge is 0.256 e. The third-order valence-electron chi connectivity index (χ3n) is 4.00.